The molecule has 1 aromatic heterocycles. The van der Waals surface area contributed by atoms with Gasteiger partial charge in [-0.2, -0.15) is 5.10 Å². The van der Waals surface area contributed by atoms with Gasteiger partial charge in [-0.15, -0.1) is 0 Å². The molecule has 0 aromatic carbocycles. The molecule has 1 heterocycles. The van der Waals surface area contributed by atoms with Crippen molar-refractivity contribution < 1.29 is 0 Å². The number of aromatic nitrogens is 2. The molecule has 0 spiro atoms. The van der Waals surface area contributed by atoms with Crippen LogP contribution in [0, 0.1) is 17.8 Å². The van der Waals surface area contributed by atoms with E-state index in [1.165, 1.54) is 31.4 Å². The van der Waals surface area contributed by atoms with Crippen molar-refractivity contribution in [3.63, 3.8) is 0 Å². The summed E-state index contributed by atoms with van der Waals surface area (Å²) in [5.41, 5.74) is 1.24. The van der Waals surface area contributed by atoms with Crippen molar-refractivity contribution in [3.8, 4) is 0 Å². The van der Waals surface area contributed by atoms with Gasteiger partial charge in [-0.1, -0.05) is 6.92 Å². The smallest absolute Gasteiger partial charge is 0.0640 e. The molecular weight excluding hydrogens is 222 g/mol. The lowest BCUT2D eigenvalue weighted by Gasteiger charge is -2.25. The summed E-state index contributed by atoms with van der Waals surface area (Å²) in [5.74, 6) is 3.04. The van der Waals surface area contributed by atoms with Gasteiger partial charge in [-0.3, -0.25) is 4.68 Å². The summed E-state index contributed by atoms with van der Waals surface area (Å²) in [6.45, 7) is 3.39. The number of nitrogens with zero attached hydrogens (tertiary/aromatic N) is 2. The van der Waals surface area contributed by atoms with Crippen LogP contribution >= 0.6 is 0 Å². The molecule has 0 amide bonds. The van der Waals surface area contributed by atoms with E-state index in [1.807, 2.05) is 11.7 Å². The van der Waals surface area contributed by atoms with E-state index < -0.39 is 0 Å². The van der Waals surface area contributed by atoms with E-state index in [1.54, 1.807) is 0 Å². The molecule has 0 radical (unpaired) electrons. The zero-order chi connectivity index (χ0) is 12.5. The van der Waals surface area contributed by atoms with Gasteiger partial charge in [0.1, 0.15) is 0 Å². The number of aryl methyl sites for hydroxylation is 1. The molecule has 2 fully saturated rings. The first-order valence-corrected chi connectivity index (χ1v) is 7.48. The average Bonchev–Trinajstić information content (AvgIpc) is 2.78. The highest BCUT2D eigenvalue weighted by Crippen LogP contribution is 2.55. The lowest BCUT2D eigenvalue weighted by Crippen LogP contribution is -2.38. The van der Waals surface area contributed by atoms with Gasteiger partial charge in [0.15, 0.2) is 0 Å². The topological polar surface area (TPSA) is 29.9 Å². The minimum atomic E-state index is 0.646. The third-order valence-electron chi connectivity index (χ3n) is 4.70. The van der Waals surface area contributed by atoms with E-state index >= 15 is 0 Å². The Morgan fingerprint density at radius 1 is 1.39 bits per heavy atom. The van der Waals surface area contributed by atoms with Gasteiger partial charge in [0.05, 0.1) is 5.69 Å². The molecule has 2 aliphatic carbocycles. The summed E-state index contributed by atoms with van der Waals surface area (Å²) in [4.78, 5) is 0. The predicted molar refractivity (Wildman–Crippen MR) is 73.3 cm³/mol. The minimum Gasteiger partial charge on any atom is -0.313 e. The summed E-state index contributed by atoms with van der Waals surface area (Å²) < 4.78 is 1.92. The molecular formula is C15H25N3. The van der Waals surface area contributed by atoms with E-state index in [4.69, 9.17) is 0 Å². The largest absolute Gasteiger partial charge is 0.313 e. The molecule has 3 unspecified atom stereocenters. The van der Waals surface area contributed by atoms with Crippen LogP contribution in [0.1, 0.15) is 38.3 Å². The van der Waals surface area contributed by atoms with Crippen LogP contribution in [0.15, 0.2) is 12.3 Å². The minimum absolute atomic E-state index is 0.646. The van der Waals surface area contributed by atoms with E-state index in [0.717, 1.165) is 30.7 Å². The maximum absolute atomic E-state index is 4.54. The molecule has 0 aliphatic heterocycles. The van der Waals surface area contributed by atoms with Gasteiger partial charge in [-0.25, -0.2) is 0 Å². The van der Waals surface area contributed by atoms with E-state index in [-0.39, 0.29) is 0 Å². The Kier molecular flexibility index (Phi) is 3.42. The molecule has 3 atom stereocenters. The van der Waals surface area contributed by atoms with Crippen molar-refractivity contribution in [1.29, 1.82) is 0 Å². The lowest BCUT2D eigenvalue weighted by molar-refractivity contribution is 0.330. The fourth-order valence-corrected chi connectivity index (χ4v) is 3.62. The van der Waals surface area contributed by atoms with Gasteiger partial charge >= 0.3 is 0 Å². The van der Waals surface area contributed by atoms with Crippen LogP contribution in [-0.4, -0.2) is 22.4 Å². The van der Waals surface area contributed by atoms with Crippen LogP contribution in [0.5, 0.6) is 0 Å². The van der Waals surface area contributed by atoms with Crippen molar-refractivity contribution in [3.05, 3.63) is 18.0 Å². The Balaban J connectivity index is 1.61. The molecule has 3 heteroatoms. The second-order valence-electron chi connectivity index (χ2n) is 6.23. The van der Waals surface area contributed by atoms with E-state index in [2.05, 4.69) is 29.6 Å². The molecule has 18 heavy (non-hydrogen) atoms. The molecule has 1 N–H and O–H groups in total. The third-order valence-corrected chi connectivity index (χ3v) is 4.70. The Bertz CT molecular complexity index is 388. The average molecular weight is 247 g/mol. The number of fused-ring (bicyclic) bond motifs is 1. The van der Waals surface area contributed by atoms with Crippen LogP contribution in [0.4, 0.5) is 0 Å². The first kappa shape index (κ1) is 12.2. The second-order valence-corrected chi connectivity index (χ2v) is 6.23. The molecule has 0 bridgehead atoms. The quantitative estimate of drug-likeness (QED) is 0.836. The maximum Gasteiger partial charge on any atom is 0.0640 e. The normalized spacial score (nSPS) is 31.3. The third kappa shape index (κ3) is 2.61. The van der Waals surface area contributed by atoms with E-state index in [0.29, 0.717) is 6.04 Å². The van der Waals surface area contributed by atoms with Crippen LogP contribution in [-0.2, 0) is 13.5 Å². The van der Waals surface area contributed by atoms with Gasteiger partial charge in [0, 0.05) is 25.7 Å². The highest BCUT2D eigenvalue weighted by Gasteiger charge is 2.47. The van der Waals surface area contributed by atoms with Crippen molar-refractivity contribution >= 4 is 0 Å². The first-order chi connectivity index (χ1) is 8.76. The Hall–Kier alpha value is -0.830. The summed E-state index contributed by atoms with van der Waals surface area (Å²) in [5, 5.41) is 8.30. The molecule has 1 aromatic rings. The number of hydrogen-bond donors (Lipinski definition) is 1. The van der Waals surface area contributed by atoms with Crippen molar-refractivity contribution in [1.82, 2.24) is 15.1 Å². The zero-order valence-corrected chi connectivity index (χ0v) is 11.6. The summed E-state index contributed by atoms with van der Waals surface area (Å²) in [7, 11) is 2.00. The fraction of sp³-hybridized carbons (Fsp3) is 0.800. The first-order valence-electron chi connectivity index (χ1n) is 7.48. The van der Waals surface area contributed by atoms with Crippen LogP contribution in [0.3, 0.4) is 0 Å². The van der Waals surface area contributed by atoms with Crippen molar-refractivity contribution in [2.75, 3.05) is 6.54 Å². The number of nitrogens with one attached hydrogen (secondary N) is 1. The van der Waals surface area contributed by atoms with Gasteiger partial charge < -0.3 is 5.32 Å². The Labute approximate surface area is 110 Å². The standard InChI is InChI=1S/C15H25N3/c1-3-5-16-15(10-14-4-6-18(2)17-14)13-8-11-7-12(11)9-13/h4,6,11-13,15-16H,3,5,7-10H2,1-2H3. The fourth-order valence-electron chi connectivity index (χ4n) is 3.62. The van der Waals surface area contributed by atoms with Crippen LogP contribution < -0.4 is 5.32 Å². The molecule has 3 nitrogen and oxygen atoms in total. The zero-order valence-electron chi connectivity index (χ0n) is 11.6. The maximum atomic E-state index is 4.54. The summed E-state index contributed by atoms with van der Waals surface area (Å²) >= 11 is 0. The lowest BCUT2D eigenvalue weighted by atomic mass is 9.91. The molecule has 2 saturated carbocycles. The number of hydrogen-bond acceptors (Lipinski definition) is 2. The van der Waals surface area contributed by atoms with Gasteiger partial charge in [0.2, 0.25) is 0 Å². The highest BCUT2D eigenvalue weighted by molar-refractivity contribution is 5.05. The Morgan fingerprint density at radius 3 is 2.78 bits per heavy atom. The molecule has 2 aliphatic rings. The molecule has 3 rings (SSSR count). The van der Waals surface area contributed by atoms with Crippen molar-refractivity contribution in [2.24, 2.45) is 24.8 Å². The molecule has 100 valence electrons. The predicted octanol–water partition coefficient (Wildman–Crippen LogP) is 2.38. The highest BCUT2D eigenvalue weighted by atomic mass is 15.2. The summed E-state index contributed by atoms with van der Waals surface area (Å²) in [6, 6.07) is 2.81. The monoisotopic (exact) mass is 247 g/mol. The SMILES string of the molecule is CCCNC(Cc1ccn(C)n1)C1CC2CC2C1. The van der Waals surface area contributed by atoms with Crippen molar-refractivity contribution in [2.45, 2.75) is 45.1 Å². The second kappa shape index (κ2) is 5.04. The van der Waals surface area contributed by atoms with Crippen LogP contribution in [0.2, 0.25) is 0 Å². The van der Waals surface area contributed by atoms with E-state index in [9.17, 15) is 0 Å². The van der Waals surface area contributed by atoms with Gasteiger partial charge in [-0.05, 0) is 56.0 Å². The van der Waals surface area contributed by atoms with Crippen LogP contribution in [0.25, 0.3) is 0 Å². The Morgan fingerprint density at radius 2 is 2.17 bits per heavy atom. The van der Waals surface area contributed by atoms with Gasteiger partial charge in [0.25, 0.3) is 0 Å². The number of rotatable bonds is 6. The summed E-state index contributed by atoms with van der Waals surface area (Å²) in [6.07, 6.45) is 8.81. The molecule has 0 saturated heterocycles.